The molecule has 0 aliphatic rings. The summed E-state index contributed by atoms with van der Waals surface area (Å²) in [6.07, 6.45) is 3.94. The monoisotopic (exact) mass is 235 g/mol. The van der Waals surface area contributed by atoms with Gasteiger partial charge in [0, 0.05) is 6.04 Å². The Morgan fingerprint density at radius 2 is 2.00 bits per heavy atom. The first kappa shape index (κ1) is 13.6. The Labute approximate surface area is 103 Å². The molecule has 0 bridgehead atoms. The van der Waals surface area contributed by atoms with Crippen LogP contribution in [0, 0.1) is 0 Å². The first-order chi connectivity index (χ1) is 8.26. The molecule has 1 unspecified atom stereocenters. The molecular formula is C14H21NO2. The first-order valence-electron chi connectivity index (χ1n) is 5.76. The van der Waals surface area contributed by atoms with Gasteiger partial charge in [0.25, 0.3) is 0 Å². The summed E-state index contributed by atoms with van der Waals surface area (Å²) < 4.78 is 10.5. The van der Waals surface area contributed by atoms with Gasteiger partial charge in [-0.05, 0) is 37.6 Å². The largest absolute Gasteiger partial charge is 0.493 e. The summed E-state index contributed by atoms with van der Waals surface area (Å²) in [5, 5.41) is 3.30. The molecule has 0 radical (unpaired) electrons. The van der Waals surface area contributed by atoms with E-state index in [1.54, 1.807) is 14.2 Å². The van der Waals surface area contributed by atoms with Gasteiger partial charge in [-0.3, -0.25) is 0 Å². The van der Waals surface area contributed by atoms with Gasteiger partial charge in [0.05, 0.1) is 14.2 Å². The van der Waals surface area contributed by atoms with E-state index in [1.165, 1.54) is 5.56 Å². The van der Waals surface area contributed by atoms with Gasteiger partial charge in [0.15, 0.2) is 11.5 Å². The minimum absolute atomic E-state index is 0.313. The van der Waals surface area contributed by atoms with Crippen molar-refractivity contribution in [3.05, 3.63) is 36.4 Å². The van der Waals surface area contributed by atoms with Crippen LogP contribution in [0.1, 0.15) is 24.4 Å². The van der Waals surface area contributed by atoms with E-state index in [0.29, 0.717) is 6.04 Å². The molecule has 0 saturated heterocycles. The lowest BCUT2D eigenvalue weighted by molar-refractivity contribution is 0.354. The smallest absolute Gasteiger partial charge is 0.161 e. The highest BCUT2D eigenvalue weighted by Gasteiger charge is 2.11. The van der Waals surface area contributed by atoms with Crippen LogP contribution >= 0.6 is 0 Å². The second-order valence-electron chi connectivity index (χ2n) is 3.82. The number of rotatable bonds is 7. The van der Waals surface area contributed by atoms with Gasteiger partial charge in [-0.15, -0.1) is 6.58 Å². The number of hydrogen-bond acceptors (Lipinski definition) is 3. The zero-order valence-electron chi connectivity index (χ0n) is 10.8. The fraction of sp³-hybridized carbons (Fsp3) is 0.429. The number of ether oxygens (including phenoxy) is 2. The summed E-state index contributed by atoms with van der Waals surface area (Å²) >= 11 is 0. The van der Waals surface area contributed by atoms with Crippen molar-refractivity contribution in [3.63, 3.8) is 0 Å². The Hall–Kier alpha value is -1.48. The second kappa shape index (κ2) is 6.97. The van der Waals surface area contributed by atoms with Crippen LogP contribution in [0.15, 0.2) is 30.9 Å². The van der Waals surface area contributed by atoms with Crippen molar-refractivity contribution in [2.75, 3.05) is 21.3 Å². The zero-order valence-corrected chi connectivity index (χ0v) is 10.8. The van der Waals surface area contributed by atoms with E-state index in [4.69, 9.17) is 9.47 Å². The molecule has 1 N–H and O–H groups in total. The van der Waals surface area contributed by atoms with Crippen LogP contribution in [0.25, 0.3) is 0 Å². The number of allylic oxidation sites excluding steroid dienone is 1. The minimum atomic E-state index is 0.313. The Balaban J connectivity index is 2.91. The molecule has 1 atom stereocenters. The van der Waals surface area contributed by atoms with Crippen LogP contribution in [-0.4, -0.2) is 21.3 Å². The molecule has 1 aromatic carbocycles. The normalized spacial score (nSPS) is 11.9. The van der Waals surface area contributed by atoms with Crippen molar-refractivity contribution in [3.8, 4) is 11.5 Å². The molecule has 0 spiro atoms. The summed E-state index contributed by atoms with van der Waals surface area (Å²) in [5.74, 6) is 1.53. The molecule has 0 aliphatic carbocycles. The fourth-order valence-corrected chi connectivity index (χ4v) is 1.83. The molecule has 0 amide bonds. The Bertz CT molecular complexity index is 363. The molecule has 0 aromatic heterocycles. The highest BCUT2D eigenvalue weighted by Crippen LogP contribution is 2.31. The molecule has 0 saturated carbocycles. The lowest BCUT2D eigenvalue weighted by Crippen LogP contribution is -2.16. The van der Waals surface area contributed by atoms with Crippen LogP contribution in [0.3, 0.4) is 0 Å². The van der Waals surface area contributed by atoms with Crippen LogP contribution in [-0.2, 0) is 0 Å². The maximum atomic E-state index is 5.30. The Kier molecular flexibility index (Phi) is 5.57. The van der Waals surface area contributed by atoms with E-state index in [0.717, 1.165) is 24.3 Å². The molecule has 17 heavy (non-hydrogen) atoms. The fourth-order valence-electron chi connectivity index (χ4n) is 1.83. The lowest BCUT2D eigenvalue weighted by Gasteiger charge is -2.17. The van der Waals surface area contributed by atoms with Crippen molar-refractivity contribution >= 4 is 0 Å². The van der Waals surface area contributed by atoms with Gasteiger partial charge in [-0.25, -0.2) is 0 Å². The maximum absolute atomic E-state index is 5.30. The SMILES string of the molecule is C=CCCC(NC)c1ccc(OC)c(OC)c1. The summed E-state index contributed by atoms with van der Waals surface area (Å²) in [4.78, 5) is 0. The topological polar surface area (TPSA) is 30.5 Å². The highest BCUT2D eigenvalue weighted by atomic mass is 16.5. The summed E-state index contributed by atoms with van der Waals surface area (Å²) in [5.41, 5.74) is 1.20. The average Bonchev–Trinajstić information content (AvgIpc) is 2.39. The van der Waals surface area contributed by atoms with Crippen molar-refractivity contribution < 1.29 is 9.47 Å². The predicted molar refractivity (Wildman–Crippen MR) is 70.8 cm³/mol. The van der Waals surface area contributed by atoms with Gasteiger partial charge in [-0.1, -0.05) is 12.1 Å². The molecule has 0 aliphatic heterocycles. The molecule has 3 nitrogen and oxygen atoms in total. The number of benzene rings is 1. The van der Waals surface area contributed by atoms with E-state index in [1.807, 2.05) is 25.3 Å². The van der Waals surface area contributed by atoms with Gasteiger partial charge >= 0.3 is 0 Å². The maximum Gasteiger partial charge on any atom is 0.161 e. The first-order valence-corrected chi connectivity index (χ1v) is 5.76. The van der Waals surface area contributed by atoms with Crippen molar-refractivity contribution in [2.45, 2.75) is 18.9 Å². The van der Waals surface area contributed by atoms with E-state index >= 15 is 0 Å². The number of hydrogen-bond donors (Lipinski definition) is 1. The molecular weight excluding hydrogens is 214 g/mol. The molecule has 0 fully saturated rings. The summed E-state index contributed by atoms with van der Waals surface area (Å²) in [6, 6.07) is 6.33. The molecule has 1 aromatic rings. The molecule has 1 rings (SSSR count). The van der Waals surface area contributed by atoms with E-state index in [9.17, 15) is 0 Å². The van der Waals surface area contributed by atoms with Gasteiger partial charge in [-0.2, -0.15) is 0 Å². The van der Waals surface area contributed by atoms with Crippen LogP contribution in [0.2, 0.25) is 0 Å². The summed E-state index contributed by atoms with van der Waals surface area (Å²) in [7, 11) is 5.26. The van der Waals surface area contributed by atoms with E-state index in [2.05, 4.69) is 18.0 Å². The lowest BCUT2D eigenvalue weighted by atomic mass is 10.0. The molecule has 3 heteroatoms. The van der Waals surface area contributed by atoms with Crippen molar-refractivity contribution in [1.82, 2.24) is 5.32 Å². The number of nitrogens with one attached hydrogen (secondary N) is 1. The van der Waals surface area contributed by atoms with Crippen LogP contribution < -0.4 is 14.8 Å². The molecule has 94 valence electrons. The van der Waals surface area contributed by atoms with Crippen molar-refractivity contribution in [2.24, 2.45) is 0 Å². The Morgan fingerprint density at radius 1 is 1.29 bits per heavy atom. The van der Waals surface area contributed by atoms with E-state index < -0.39 is 0 Å². The summed E-state index contributed by atoms with van der Waals surface area (Å²) in [6.45, 7) is 3.75. The highest BCUT2D eigenvalue weighted by molar-refractivity contribution is 5.43. The third-order valence-corrected chi connectivity index (χ3v) is 2.82. The second-order valence-corrected chi connectivity index (χ2v) is 3.82. The van der Waals surface area contributed by atoms with Crippen LogP contribution in [0.5, 0.6) is 11.5 Å². The number of methoxy groups -OCH3 is 2. The standard InChI is InChI=1S/C14H21NO2/c1-5-6-7-12(15-2)11-8-9-13(16-3)14(10-11)17-4/h5,8-10,12,15H,1,6-7H2,2-4H3. The average molecular weight is 235 g/mol. The van der Waals surface area contributed by atoms with Crippen LogP contribution in [0.4, 0.5) is 0 Å². The molecule has 0 heterocycles. The van der Waals surface area contributed by atoms with E-state index in [-0.39, 0.29) is 0 Å². The van der Waals surface area contributed by atoms with Gasteiger partial charge in [0.1, 0.15) is 0 Å². The Morgan fingerprint density at radius 3 is 2.53 bits per heavy atom. The quantitative estimate of drug-likeness (QED) is 0.737. The van der Waals surface area contributed by atoms with Crippen molar-refractivity contribution in [1.29, 1.82) is 0 Å². The predicted octanol–water partition coefficient (Wildman–Crippen LogP) is 2.93. The minimum Gasteiger partial charge on any atom is -0.493 e. The zero-order chi connectivity index (χ0) is 12.7. The van der Waals surface area contributed by atoms with Gasteiger partial charge in [0.2, 0.25) is 0 Å². The third kappa shape index (κ3) is 3.49. The van der Waals surface area contributed by atoms with Gasteiger partial charge < -0.3 is 14.8 Å². The third-order valence-electron chi connectivity index (χ3n) is 2.82.